The van der Waals surface area contributed by atoms with Crippen molar-refractivity contribution in [2.24, 2.45) is 16.5 Å². The van der Waals surface area contributed by atoms with Gasteiger partial charge in [0, 0.05) is 38.4 Å². The molecule has 1 amide bonds. The molecule has 3 rings (SSSR count). The summed E-state index contributed by atoms with van der Waals surface area (Å²) in [6.45, 7) is 13.8. The van der Waals surface area contributed by atoms with E-state index in [1.165, 1.54) is 64.2 Å². The third-order valence-electron chi connectivity index (χ3n) is 6.30. The fourth-order valence-electron chi connectivity index (χ4n) is 3.68. The average molecular weight is 596 g/mol. The number of piperidine rings is 1. The minimum atomic E-state index is -1.07. The van der Waals surface area contributed by atoms with Crippen molar-refractivity contribution in [2.75, 3.05) is 38.2 Å². The Kier molecular flexibility index (Phi) is 23.7. The number of amides is 1. The van der Waals surface area contributed by atoms with E-state index in [9.17, 15) is 18.0 Å². The third-order valence-corrected chi connectivity index (χ3v) is 6.30. The molecule has 2 fully saturated rings. The predicted octanol–water partition coefficient (Wildman–Crippen LogP) is 7.21. The Hall–Kier alpha value is -3.11. The molecule has 0 aliphatic carbocycles. The van der Waals surface area contributed by atoms with Crippen LogP contribution in [0, 0.1) is 17.5 Å². The number of carbonyl (C=O) groups excluding carboxylic acids is 1. The van der Waals surface area contributed by atoms with Crippen LogP contribution in [0.15, 0.2) is 53.3 Å². The van der Waals surface area contributed by atoms with Gasteiger partial charge in [-0.2, -0.15) is 0 Å². The molecule has 1 aromatic rings. The molecule has 2 heterocycles. The van der Waals surface area contributed by atoms with Gasteiger partial charge in [0.25, 0.3) is 0 Å². The lowest BCUT2D eigenvalue weighted by Gasteiger charge is -2.21. The molecule has 0 unspecified atom stereocenters. The van der Waals surface area contributed by atoms with E-state index in [1.54, 1.807) is 19.9 Å². The van der Waals surface area contributed by atoms with Gasteiger partial charge in [-0.05, 0) is 84.3 Å². The van der Waals surface area contributed by atoms with Crippen LogP contribution in [0.5, 0.6) is 0 Å². The first-order valence-corrected chi connectivity index (χ1v) is 14.9. The number of nitrogens with one attached hydrogen (secondary N) is 1. The SMILES string of the molecule is C/C=C\CCCCCCN.C1CCOC1.C=C(/N=C(N)\C(C)=C/C)Nc1c(F)cc(F)cc1F.O=CN1CCCCC1. The second kappa shape index (κ2) is 25.6. The van der Waals surface area contributed by atoms with Crippen molar-refractivity contribution in [3.8, 4) is 0 Å². The van der Waals surface area contributed by atoms with Crippen LogP contribution in [0.2, 0.25) is 0 Å². The van der Waals surface area contributed by atoms with E-state index < -0.39 is 23.1 Å². The van der Waals surface area contributed by atoms with E-state index in [1.807, 2.05) is 4.90 Å². The highest BCUT2D eigenvalue weighted by Gasteiger charge is 2.12. The molecule has 0 spiro atoms. The first kappa shape index (κ1) is 38.9. The Bertz CT molecular complexity index is 942. The molecule has 7 nitrogen and oxygen atoms in total. The van der Waals surface area contributed by atoms with E-state index in [0.29, 0.717) is 17.7 Å². The summed E-state index contributed by atoms with van der Waals surface area (Å²) in [5.74, 6) is -3.03. The normalized spacial score (nSPS) is 15.1. The van der Waals surface area contributed by atoms with Gasteiger partial charge in [-0.25, -0.2) is 18.2 Å². The number of halogens is 3. The van der Waals surface area contributed by atoms with Crippen molar-refractivity contribution < 1.29 is 22.7 Å². The zero-order valence-electron chi connectivity index (χ0n) is 25.8. The van der Waals surface area contributed by atoms with Crippen LogP contribution in [-0.4, -0.2) is 50.0 Å². The number of nitrogens with two attached hydrogens (primary N) is 2. The summed E-state index contributed by atoms with van der Waals surface area (Å²) in [6.07, 6.45) is 19.6. The molecule has 2 aliphatic rings. The van der Waals surface area contributed by atoms with Gasteiger partial charge in [0.1, 0.15) is 23.2 Å². The fourth-order valence-corrected chi connectivity index (χ4v) is 3.68. The lowest BCUT2D eigenvalue weighted by Crippen LogP contribution is -2.27. The minimum Gasteiger partial charge on any atom is -0.383 e. The number of hydrogen-bond acceptors (Lipinski definition) is 5. The van der Waals surface area contributed by atoms with Gasteiger partial charge in [-0.3, -0.25) is 4.79 Å². The average Bonchev–Trinajstić information content (AvgIpc) is 3.58. The van der Waals surface area contributed by atoms with Gasteiger partial charge in [-0.15, -0.1) is 0 Å². The number of rotatable bonds is 11. The zero-order valence-corrected chi connectivity index (χ0v) is 25.8. The number of nitrogens with zero attached hydrogens (tertiary/aromatic N) is 2. The predicted molar refractivity (Wildman–Crippen MR) is 169 cm³/mol. The number of likely N-dealkylation sites (tertiary alicyclic amines) is 1. The van der Waals surface area contributed by atoms with Gasteiger partial charge < -0.3 is 26.4 Å². The Morgan fingerprint density at radius 3 is 2.07 bits per heavy atom. The highest BCUT2D eigenvalue weighted by Crippen LogP contribution is 2.21. The zero-order chi connectivity index (χ0) is 31.6. The number of allylic oxidation sites excluding steroid dienone is 3. The highest BCUT2D eigenvalue weighted by molar-refractivity contribution is 5.97. The summed E-state index contributed by atoms with van der Waals surface area (Å²) in [5.41, 5.74) is 11.1. The smallest absolute Gasteiger partial charge is 0.209 e. The Labute approximate surface area is 251 Å². The molecule has 0 bridgehead atoms. The fraction of sp³-hybridized carbons (Fsp3) is 0.562. The Morgan fingerprint density at radius 1 is 1.02 bits per heavy atom. The number of amidine groups is 1. The number of unbranched alkanes of at least 4 members (excludes halogenated alkanes) is 4. The number of hydrogen-bond donors (Lipinski definition) is 3. The molecular formula is C32H52F3N5O2. The number of benzene rings is 1. The maximum atomic E-state index is 13.4. The largest absolute Gasteiger partial charge is 0.383 e. The van der Waals surface area contributed by atoms with Gasteiger partial charge in [0.15, 0.2) is 11.6 Å². The summed E-state index contributed by atoms with van der Waals surface area (Å²) >= 11 is 0. The van der Waals surface area contributed by atoms with Gasteiger partial charge in [0.2, 0.25) is 6.41 Å². The maximum Gasteiger partial charge on any atom is 0.209 e. The molecule has 2 saturated heterocycles. The van der Waals surface area contributed by atoms with Crippen LogP contribution < -0.4 is 16.8 Å². The standard InChI is InChI=1S/C13H14F3N3.C9H19N.C6H11NO.C4H8O/c1-4-7(2)13(17)19-8(3)18-12-10(15)5-9(14)6-11(12)16;1-2-3-4-5-6-7-8-9-10;8-6-7-4-2-1-3-5-7;1-2-4-5-3-1/h4-6,18H,3H2,1-2H3,(H2,17,19);2-3H,4-10H2,1H3;6H,1-5H2;1-4H2/b7-4-;3-2-;;. The first-order chi connectivity index (χ1) is 20.2. The molecule has 0 radical (unpaired) electrons. The Balaban J connectivity index is 0.000000606. The van der Waals surface area contributed by atoms with E-state index in [2.05, 4.69) is 36.0 Å². The third kappa shape index (κ3) is 19.9. The van der Waals surface area contributed by atoms with Crippen molar-refractivity contribution in [3.05, 3.63) is 65.8 Å². The number of ether oxygens (including phenoxy) is 1. The number of aliphatic imine (C=N–C) groups is 1. The molecule has 0 saturated carbocycles. The monoisotopic (exact) mass is 595 g/mol. The van der Waals surface area contributed by atoms with Crippen molar-refractivity contribution >= 4 is 17.9 Å². The van der Waals surface area contributed by atoms with Crippen molar-refractivity contribution in [1.29, 1.82) is 0 Å². The van der Waals surface area contributed by atoms with Crippen LogP contribution in [0.25, 0.3) is 0 Å². The van der Waals surface area contributed by atoms with Crippen LogP contribution in [0.1, 0.15) is 85.0 Å². The lowest BCUT2D eigenvalue weighted by molar-refractivity contribution is -0.118. The maximum absolute atomic E-state index is 13.4. The van der Waals surface area contributed by atoms with Crippen molar-refractivity contribution in [1.82, 2.24) is 4.90 Å². The summed E-state index contributed by atoms with van der Waals surface area (Å²) < 4.78 is 44.4. The minimum absolute atomic E-state index is 0.0527. The number of anilines is 1. The van der Waals surface area contributed by atoms with Gasteiger partial charge in [0.05, 0.1) is 0 Å². The topological polar surface area (TPSA) is 106 Å². The van der Waals surface area contributed by atoms with E-state index in [0.717, 1.165) is 39.3 Å². The van der Waals surface area contributed by atoms with E-state index >= 15 is 0 Å². The molecule has 1 aromatic carbocycles. The summed E-state index contributed by atoms with van der Waals surface area (Å²) in [4.78, 5) is 15.8. The summed E-state index contributed by atoms with van der Waals surface area (Å²) in [7, 11) is 0. The van der Waals surface area contributed by atoms with Gasteiger partial charge in [-0.1, -0.05) is 37.6 Å². The van der Waals surface area contributed by atoms with Crippen molar-refractivity contribution in [3.63, 3.8) is 0 Å². The Morgan fingerprint density at radius 2 is 1.62 bits per heavy atom. The second-order valence-corrected chi connectivity index (χ2v) is 9.87. The molecule has 0 atom stereocenters. The van der Waals surface area contributed by atoms with Gasteiger partial charge >= 0.3 is 0 Å². The van der Waals surface area contributed by atoms with Crippen LogP contribution in [0.3, 0.4) is 0 Å². The molecule has 42 heavy (non-hydrogen) atoms. The second-order valence-electron chi connectivity index (χ2n) is 9.87. The van der Waals surface area contributed by atoms with E-state index in [-0.39, 0.29) is 11.7 Å². The summed E-state index contributed by atoms with van der Waals surface area (Å²) in [6, 6.07) is 1.12. The molecule has 0 aromatic heterocycles. The molecule has 2 aliphatic heterocycles. The highest BCUT2D eigenvalue weighted by atomic mass is 19.1. The summed E-state index contributed by atoms with van der Waals surface area (Å²) in [5, 5.41) is 2.31. The molecule has 5 N–H and O–H groups in total. The lowest BCUT2D eigenvalue weighted by atomic mass is 10.1. The number of carbonyl (C=O) groups is 1. The molecule has 10 heteroatoms. The van der Waals surface area contributed by atoms with Crippen molar-refractivity contribution in [2.45, 2.75) is 85.0 Å². The molecular weight excluding hydrogens is 543 g/mol. The van der Waals surface area contributed by atoms with E-state index in [4.69, 9.17) is 16.2 Å². The molecule has 238 valence electrons. The van der Waals surface area contributed by atoms with Crippen LogP contribution in [-0.2, 0) is 9.53 Å². The van der Waals surface area contributed by atoms with Crippen LogP contribution >= 0.6 is 0 Å². The first-order valence-electron chi connectivity index (χ1n) is 14.9. The van der Waals surface area contributed by atoms with Crippen LogP contribution in [0.4, 0.5) is 18.9 Å². The quantitative estimate of drug-likeness (QED) is 0.0824.